The van der Waals surface area contributed by atoms with Crippen LogP contribution in [0.4, 0.5) is 0 Å². The molecule has 1 aliphatic rings. The predicted molar refractivity (Wildman–Crippen MR) is 134 cm³/mol. The minimum atomic E-state index is -1.64. The second-order valence-corrected chi connectivity index (χ2v) is 9.61. The first-order valence-electron chi connectivity index (χ1n) is 12.4. The van der Waals surface area contributed by atoms with E-state index in [-0.39, 0.29) is 50.3 Å². The smallest absolute Gasteiger partial charge is 0.319 e. The Labute approximate surface area is 220 Å². The van der Waals surface area contributed by atoms with Crippen LogP contribution in [-0.4, -0.2) is 36.9 Å². The molecule has 0 unspecified atom stereocenters. The van der Waals surface area contributed by atoms with Crippen LogP contribution >= 0.6 is 0 Å². The molecule has 2 aromatic heterocycles. The summed E-state index contributed by atoms with van der Waals surface area (Å²) in [5.41, 5.74) is 0.849. The van der Waals surface area contributed by atoms with Crippen LogP contribution in [-0.2, 0) is 43.3 Å². The number of Topliss-reactive ketones (excluding diaryl/α,β-unsaturated/α-hetero) is 2. The third-order valence-electron chi connectivity index (χ3n) is 7.07. The summed E-state index contributed by atoms with van der Waals surface area (Å²) < 4.78 is 27.6. The lowest BCUT2D eigenvalue weighted by molar-refractivity contribution is -0.162. The van der Waals surface area contributed by atoms with E-state index in [0.717, 1.165) is 5.56 Å². The highest BCUT2D eigenvalue weighted by Gasteiger charge is 2.50. The number of ether oxygens (including phenoxy) is 3. The van der Waals surface area contributed by atoms with E-state index in [4.69, 9.17) is 23.0 Å². The van der Waals surface area contributed by atoms with Gasteiger partial charge in [-0.3, -0.25) is 14.4 Å². The Bertz CT molecular complexity index is 1260. The van der Waals surface area contributed by atoms with Crippen LogP contribution in [0.2, 0.25) is 0 Å². The van der Waals surface area contributed by atoms with E-state index in [2.05, 4.69) is 0 Å². The minimum absolute atomic E-state index is 0.0212. The summed E-state index contributed by atoms with van der Waals surface area (Å²) in [7, 11) is 2.83. The predicted octanol–water partition coefficient (Wildman–Crippen LogP) is 4.46. The van der Waals surface area contributed by atoms with Crippen molar-refractivity contribution in [3.8, 4) is 5.75 Å². The van der Waals surface area contributed by atoms with Gasteiger partial charge in [0.05, 0.1) is 58.2 Å². The van der Waals surface area contributed by atoms with E-state index in [1.807, 2.05) is 24.3 Å². The van der Waals surface area contributed by atoms with Gasteiger partial charge in [-0.2, -0.15) is 0 Å². The average molecular weight is 525 g/mol. The Balaban J connectivity index is 1.72. The maximum Gasteiger partial charge on any atom is 0.319 e. The standard InChI is InChI=1S/C29H32O9/c1-18(30)12-25-22-13-29(28(33)35-3,27(32)9-8-24(31)23(22)17-38-25)14-26(20-10-11-36-16-20)37-15-19-4-6-21(34-2)7-5-19/h4-7,10-11,16-17,24,26,31H,8-9,12-15H2,1-3H3/t24-,26-,29-/m0/s1. The second-order valence-electron chi connectivity index (χ2n) is 9.61. The van der Waals surface area contributed by atoms with E-state index in [1.54, 1.807) is 13.2 Å². The summed E-state index contributed by atoms with van der Waals surface area (Å²) in [6.07, 6.45) is 2.69. The van der Waals surface area contributed by atoms with Crippen LogP contribution in [0.5, 0.6) is 5.75 Å². The topological polar surface area (TPSA) is 125 Å². The molecule has 1 N–H and O–H groups in total. The van der Waals surface area contributed by atoms with Crippen molar-refractivity contribution < 1.29 is 42.5 Å². The van der Waals surface area contributed by atoms with Crippen molar-refractivity contribution >= 4 is 17.5 Å². The molecule has 202 valence electrons. The maximum absolute atomic E-state index is 13.7. The van der Waals surface area contributed by atoms with Crippen molar-refractivity contribution in [2.75, 3.05) is 14.2 Å². The van der Waals surface area contributed by atoms with Gasteiger partial charge in [0.2, 0.25) is 0 Å². The van der Waals surface area contributed by atoms with E-state index >= 15 is 0 Å². The Kier molecular flexibility index (Phi) is 8.48. The Hall–Kier alpha value is -3.69. The molecule has 9 heteroatoms. The number of rotatable bonds is 10. The maximum atomic E-state index is 13.7. The molecule has 1 aromatic carbocycles. The molecule has 9 nitrogen and oxygen atoms in total. The minimum Gasteiger partial charge on any atom is -0.497 e. The van der Waals surface area contributed by atoms with E-state index < -0.39 is 23.6 Å². The second kappa shape index (κ2) is 11.8. The molecule has 0 saturated heterocycles. The van der Waals surface area contributed by atoms with Gasteiger partial charge in [0.1, 0.15) is 22.7 Å². The fourth-order valence-electron chi connectivity index (χ4n) is 4.97. The molecule has 38 heavy (non-hydrogen) atoms. The van der Waals surface area contributed by atoms with E-state index in [1.165, 1.54) is 32.8 Å². The van der Waals surface area contributed by atoms with Gasteiger partial charge in [0, 0.05) is 29.5 Å². The number of carbonyl (C=O) groups excluding carboxylic acids is 3. The first kappa shape index (κ1) is 27.3. The molecule has 3 aromatic rings. The summed E-state index contributed by atoms with van der Waals surface area (Å²) >= 11 is 0. The first-order valence-corrected chi connectivity index (χ1v) is 12.4. The van der Waals surface area contributed by atoms with Crippen molar-refractivity contribution in [3.05, 3.63) is 77.1 Å². The molecule has 2 heterocycles. The highest BCUT2D eigenvalue weighted by Crippen LogP contribution is 2.44. The highest BCUT2D eigenvalue weighted by atomic mass is 16.5. The van der Waals surface area contributed by atoms with Gasteiger partial charge >= 0.3 is 5.97 Å². The SMILES string of the molecule is COC(=O)[C@]1(C[C@H](OCc2ccc(OC)cc2)c2ccoc2)Cc2c(coc2CC(C)=O)[C@@H](O)CCC1=O. The summed E-state index contributed by atoms with van der Waals surface area (Å²) in [5.74, 6) is -0.183. The van der Waals surface area contributed by atoms with Crippen LogP contribution in [0, 0.1) is 5.41 Å². The Morgan fingerprint density at radius 3 is 2.55 bits per heavy atom. The number of carbonyl (C=O) groups is 3. The number of furan rings is 2. The van der Waals surface area contributed by atoms with Crippen LogP contribution < -0.4 is 4.74 Å². The van der Waals surface area contributed by atoms with Gasteiger partial charge in [0.15, 0.2) is 5.78 Å². The van der Waals surface area contributed by atoms with E-state index in [9.17, 15) is 19.5 Å². The zero-order valence-corrected chi connectivity index (χ0v) is 21.7. The molecule has 0 fully saturated rings. The number of aliphatic hydroxyl groups is 1. The molecule has 0 bridgehead atoms. The van der Waals surface area contributed by atoms with Gasteiger partial charge in [-0.15, -0.1) is 0 Å². The number of ketones is 2. The lowest BCUT2D eigenvalue weighted by Gasteiger charge is -2.35. The molecule has 0 saturated carbocycles. The summed E-state index contributed by atoms with van der Waals surface area (Å²) in [5, 5.41) is 10.7. The van der Waals surface area contributed by atoms with Crippen molar-refractivity contribution in [2.45, 2.75) is 57.8 Å². The Morgan fingerprint density at radius 2 is 1.92 bits per heavy atom. The quantitative estimate of drug-likeness (QED) is 0.302. The van der Waals surface area contributed by atoms with Gasteiger partial charge in [-0.25, -0.2) is 0 Å². The summed E-state index contributed by atoms with van der Waals surface area (Å²) in [6, 6.07) is 9.11. The lowest BCUT2D eigenvalue weighted by Crippen LogP contribution is -2.45. The molecule has 1 aliphatic carbocycles. The molecule has 3 atom stereocenters. The van der Waals surface area contributed by atoms with Crippen molar-refractivity contribution in [2.24, 2.45) is 5.41 Å². The van der Waals surface area contributed by atoms with Gasteiger partial charge in [0.25, 0.3) is 0 Å². The number of esters is 1. The number of benzene rings is 1. The van der Waals surface area contributed by atoms with Crippen LogP contribution in [0.15, 0.2) is 58.0 Å². The number of aliphatic hydroxyl groups excluding tert-OH is 1. The summed E-state index contributed by atoms with van der Waals surface area (Å²) in [4.78, 5) is 39.1. The largest absolute Gasteiger partial charge is 0.497 e. The van der Waals surface area contributed by atoms with Crippen LogP contribution in [0.25, 0.3) is 0 Å². The fraction of sp³-hybridized carbons (Fsp3) is 0.414. The normalized spacial score (nSPS) is 20.2. The van der Waals surface area contributed by atoms with Crippen molar-refractivity contribution in [1.29, 1.82) is 0 Å². The molecule has 0 spiro atoms. The van der Waals surface area contributed by atoms with Crippen molar-refractivity contribution in [3.63, 3.8) is 0 Å². The Morgan fingerprint density at radius 1 is 1.16 bits per heavy atom. The molecule has 0 amide bonds. The zero-order valence-electron chi connectivity index (χ0n) is 21.7. The van der Waals surface area contributed by atoms with Crippen LogP contribution in [0.1, 0.15) is 66.4 Å². The van der Waals surface area contributed by atoms with Gasteiger partial charge < -0.3 is 28.2 Å². The lowest BCUT2D eigenvalue weighted by atomic mass is 9.69. The third kappa shape index (κ3) is 5.74. The average Bonchev–Trinajstić information content (AvgIpc) is 3.58. The third-order valence-corrected chi connectivity index (χ3v) is 7.07. The van der Waals surface area contributed by atoms with Gasteiger partial charge in [-0.05, 0) is 43.5 Å². The molecule has 0 radical (unpaired) electrons. The highest BCUT2D eigenvalue weighted by molar-refractivity contribution is 6.04. The fourth-order valence-corrected chi connectivity index (χ4v) is 4.97. The number of hydrogen-bond acceptors (Lipinski definition) is 9. The first-order chi connectivity index (χ1) is 18.3. The number of fused-ring (bicyclic) bond motifs is 1. The molecular formula is C29H32O9. The van der Waals surface area contributed by atoms with Gasteiger partial charge in [-0.1, -0.05) is 12.1 Å². The molecule has 4 rings (SSSR count). The van der Waals surface area contributed by atoms with Crippen molar-refractivity contribution in [1.82, 2.24) is 0 Å². The van der Waals surface area contributed by atoms with Crippen LogP contribution in [0.3, 0.4) is 0 Å². The summed E-state index contributed by atoms with van der Waals surface area (Å²) in [6.45, 7) is 1.63. The molecule has 0 aliphatic heterocycles. The van der Waals surface area contributed by atoms with E-state index in [0.29, 0.717) is 28.2 Å². The number of hydrogen-bond donors (Lipinski definition) is 1. The zero-order chi connectivity index (χ0) is 27.3. The monoisotopic (exact) mass is 524 g/mol. The number of methoxy groups -OCH3 is 2. The molecular weight excluding hydrogens is 492 g/mol.